The van der Waals surface area contributed by atoms with E-state index in [1.54, 1.807) is 7.05 Å². The SMILES string of the molecule is CN=C(NCCCOC1CCOCC1)NCc1nnc2ccccn12.I. The van der Waals surface area contributed by atoms with Crippen molar-refractivity contribution in [1.29, 1.82) is 0 Å². The van der Waals surface area contributed by atoms with Crippen LogP contribution in [0, 0.1) is 0 Å². The van der Waals surface area contributed by atoms with Crippen molar-refractivity contribution in [3.05, 3.63) is 30.2 Å². The highest BCUT2D eigenvalue weighted by Gasteiger charge is 2.13. The van der Waals surface area contributed by atoms with E-state index in [1.165, 1.54) is 0 Å². The van der Waals surface area contributed by atoms with Gasteiger partial charge in [0.2, 0.25) is 0 Å². The highest BCUT2D eigenvalue weighted by atomic mass is 127. The van der Waals surface area contributed by atoms with E-state index in [-0.39, 0.29) is 24.0 Å². The molecule has 0 aromatic carbocycles. The van der Waals surface area contributed by atoms with E-state index in [9.17, 15) is 0 Å². The summed E-state index contributed by atoms with van der Waals surface area (Å²) in [5.74, 6) is 1.60. The summed E-state index contributed by atoms with van der Waals surface area (Å²) in [6.45, 7) is 3.75. The van der Waals surface area contributed by atoms with E-state index in [0.29, 0.717) is 12.6 Å². The second-order valence-corrected chi connectivity index (χ2v) is 5.93. The van der Waals surface area contributed by atoms with Crippen LogP contribution in [0.15, 0.2) is 29.4 Å². The molecule has 0 bridgehead atoms. The quantitative estimate of drug-likeness (QED) is 0.275. The Morgan fingerprint density at radius 3 is 2.96 bits per heavy atom. The summed E-state index contributed by atoms with van der Waals surface area (Å²) in [6.07, 6.45) is 5.25. The molecule has 2 N–H and O–H groups in total. The van der Waals surface area contributed by atoms with Crippen LogP contribution in [0.3, 0.4) is 0 Å². The van der Waals surface area contributed by atoms with Gasteiger partial charge >= 0.3 is 0 Å². The molecule has 26 heavy (non-hydrogen) atoms. The largest absolute Gasteiger partial charge is 0.381 e. The number of guanidine groups is 1. The number of pyridine rings is 1. The summed E-state index contributed by atoms with van der Waals surface area (Å²) < 4.78 is 13.2. The van der Waals surface area contributed by atoms with Crippen molar-refractivity contribution in [2.24, 2.45) is 4.99 Å². The highest BCUT2D eigenvalue weighted by Crippen LogP contribution is 2.10. The lowest BCUT2D eigenvalue weighted by Gasteiger charge is -2.22. The van der Waals surface area contributed by atoms with E-state index < -0.39 is 0 Å². The third-order valence-corrected chi connectivity index (χ3v) is 4.16. The molecule has 8 nitrogen and oxygen atoms in total. The zero-order chi connectivity index (χ0) is 17.3. The monoisotopic (exact) mass is 474 g/mol. The molecule has 1 saturated heterocycles. The van der Waals surface area contributed by atoms with Gasteiger partial charge in [0.05, 0.1) is 12.6 Å². The number of fused-ring (bicyclic) bond motifs is 1. The molecule has 0 radical (unpaired) electrons. The maximum absolute atomic E-state index is 5.86. The maximum atomic E-state index is 5.86. The Bertz CT molecular complexity index is 687. The number of nitrogens with one attached hydrogen (secondary N) is 2. The Morgan fingerprint density at radius 1 is 1.31 bits per heavy atom. The van der Waals surface area contributed by atoms with E-state index in [0.717, 1.165) is 63.1 Å². The first-order valence-corrected chi connectivity index (χ1v) is 8.79. The summed E-state index contributed by atoms with van der Waals surface area (Å²) in [6, 6.07) is 5.84. The van der Waals surface area contributed by atoms with E-state index >= 15 is 0 Å². The van der Waals surface area contributed by atoms with Crippen molar-refractivity contribution in [2.75, 3.05) is 33.4 Å². The van der Waals surface area contributed by atoms with Crippen LogP contribution in [0.2, 0.25) is 0 Å². The zero-order valence-electron chi connectivity index (χ0n) is 15.1. The molecular weight excluding hydrogens is 447 g/mol. The Morgan fingerprint density at radius 2 is 2.15 bits per heavy atom. The average molecular weight is 474 g/mol. The molecule has 0 amide bonds. The van der Waals surface area contributed by atoms with Gasteiger partial charge in [0.1, 0.15) is 0 Å². The van der Waals surface area contributed by atoms with Crippen LogP contribution in [0.1, 0.15) is 25.1 Å². The minimum absolute atomic E-state index is 0. The number of halogens is 1. The zero-order valence-corrected chi connectivity index (χ0v) is 17.4. The van der Waals surface area contributed by atoms with Crippen molar-refractivity contribution in [3.63, 3.8) is 0 Å². The van der Waals surface area contributed by atoms with Gasteiger partial charge in [-0.2, -0.15) is 0 Å². The lowest BCUT2D eigenvalue weighted by atomic mass is 10.1. The summed E-state index contributed by atoms with van der Waals surface area (Å²) in [5.41, 5.74) is 0.840. The summed E-state index contributed by atoms with van der Waals surface area (Å²) in [4.78, 5) is 4.23. The van der Waals surface area contributed by atoms with Gasteiger partial charge in [-0.05, 0) is 31.4 Å². The Kier molecular flexibility index (Phi) is 9.06. The van der Waals surface area contributed by atoms with Crippen LogP contribution in [-0.2, 0) is 16.0 Å². The first-order valence-electron chi connectivity index (χ1n) is 8.79. The molecule has 3 heterocycles. The minimum atomic E-state index is 0. The Labute approximate surface area is 170 Å². The molecule has 144 valence electrons. The van der Waals surface area contributed by atoms with Crippen LogP contribution in [0.5, 0.6) is 0 Å². The van der Waals surface area contributed by atoms with Crippen molar-refractivity contribution < 1.29 is 9.47 Å². The Hall–Kier alpha value is -1.46. The maximum Gasteiger partial charge on any atom is 0.191 e. The molecule has 3 rings (SSSR count). The van der Waals surface area contributed by atoms with E-state index in [4.69, 9.17) is 9.47 Å². The number of rotatable bonds is 7. The molecule has 0 unspecified atom stereocenters. The number of aliphatic imine (C=N–C) groups is 1. The number of aromatic nitrogens is 3. The fraction of sp³-hybridized carbons (Fsp3) is 0.588. The molecule has 2 aromatic heterocycles. The highest BCUT2D eigenvalue weighted by molar-refractivity contribution is 14.0. The van der Waals surface area contributed by atoms with Gasteiger partial charge in [0.25, 0.3) is 0 Å². The summed E-state index contributed by atoms with van der Waals surface area (Å²) in [5, 5.41) is 14.9. The van der Waals surface area contributed by atoms with Crippen molar-refractivity contribution in [3.8, 4) is 0 Å². The predicted octanol–water partition coefficient (Wildman–Crippen LogP) is 1.60. The molecule has 1 fully saturated rings. The first-order chi connectivity index (χ1) is 12.4. The van der Waals surface area contributed by atoms with Gasteiger partial charge in [0.15, 0.2) is 17.4 Å². The van der Waals surface area contributed by atoms with E-state index in [1.807, 2.05) is 28.8 Å². The van der Waals surface area contributed by atoms with Crippen LogP contribution in [0.25, 0.3) is 5.65 Å². The molecule has 0 aliphatic carbocycles. The summed E-state index contributed by atoms with van der Waals surface area (Å²) in [7, 11) is 1.76. The molecule has 1 aliphatic heterocycles. The predicted molar refractivity (Wildman–Crippen MR) is 111 cm³/mol. The van der Waals surface area contributed by atoms with Gasteiger partial charge in [-0.3, -0.25) is 9.39 Å². The van der Waals surface area contributed by atoms with Gasteiger partial charge in [-0.15, -0.1) is 34.2 Å². The molecule has 9 heteroatoms. The van der Waals surface area contributed by atoms with Crippen LogP contribution < -0.4 is 10.6 Å². The van der Waals surface area contributed by atoms with Crippen LogP contribution >= 0.6 is 24.0 Å². The standard InChI is InChI=1S/C17H26N6O2.HI/c1-18-17(19-8-4-10-25-14-6-11-24-12-7-14)20-13-16-22-21-15-5-2-3-9-23(15)16;/h2-3,5,9,14H,4,6-8,10-13H2,1H3,(H2,18,19,20);1H. The lowest BCUT2D eigenvalue weighted by molar-refractivity contribution is -0.0320. The lowest BCUT2D eigenvalue weighted by Crippen LogP contribution is -2.38. The van der Waals surface area contributed by atoms with E-state index in [2.05, 4.69) is 25.8 Å². The number of ether oxygens (including phenoxy) is 2. The minimum Gasteiger partial charge on any atom is -0.381 e. The second-order valence-electron chi connectivity index (χ2n) is 5.93. The fourth-order valence-corrected chi connectivity index (χ4v) is 2.77. The average Bonchev–Trinajstić information content (AvgIpc) is 3.08. The topological polar surface area (TPSA) is 85.1 Å². The van der Waals surface area contributed by atoms with Gasteiger partial charge < -0.3 is 20.1 Å². The fourth-order valence-electron chi connectivity index (χ4n) is 2.77. The molecular formula is C17H27IN6O2. The van der Waals surface area contributed by atoms with Gasteiger partial charge in [-0.25, -0.2) is 0 Å². The molecule has 0 saturated carbocycles. The van der Waals surface area contributed by atoms with Crippen LogP contribution in [0.4, 0.5) is 0 Å². The molecule has 2 aromatic rings. The molecule has 1 aliphatic rings. The van der Waals surface area contributed by atoms with Gasteiger partial charge in [-0.1, -0.05) is 6.07 Å². The second kappa shape index (κ2) is 11.3. The van der Waals surface area contributed by atoms with Gasteiger partial charge in [0, 0.05) is 39.6 Å². The Balaban J connectivity index is 0.00000243. The number of nitrogens with zero attached hydrogens (tertiary/aromatic N) is 4. The van der Waals surface area contributed by atoms with Crippen molar-refractivity contribution >= 4 is 35.6 Å². The normalized spacial score (nSPS) is 15.7. The molecule has 0 atom stereocenters. The third-order valence-electron chi connectivity index (χ3n) is 4.16. The summed E-state index contributed by atoms with van der Waals surface area (Å²) >= 11 is 0. The smallest absolute Gasteiger partial charge is 0.191 e. The molecule has 0 spiro atoms. The first kappa shape index (κ1) is 20.8. The van der Waals surface area contributed by atoms with Crippen molar-refractivity contribution in [1.82, 2.24) is 25.2 Å². The van der Waals surface area contributed by atoms with Crippen LogP contribution in [-0.4, -0.2) is 60.1 Å². The van der Waals surface area contributed by atoms with Crippen molar-refractivity contribution in [2.45, 2.75) is 31.9 Å². The number of hydrogen-bond acceptors (Lipinski definition) is 5. The third kappa shape index (κ3) is 6.06. The number of hydrogen-bond donors (Lipinski definition) is 2.